The summed E-state index contributed by atoms with van der Waals surface area (Å²) in [7, 11) is 0. The van der Waals surface area contributed by atoms with Crippen molar-refractivity contribution in [2.75, 3.05) is 18.5 Å². The zero-order chi connectivity index (χ0) is 16.8. The Morgan fingerprint density at radius 1 is 1.25 bits per heavy atom. The molecule has 0 saturated carbocycles. The monoisotopic (exact) mass is 345 g/mol. The van der Waals surface area contributed by atoms with E-state index in [0.717, 1.165) is 28.9 Å². The summed E-state index contributed by atoms with van der Waals surface area (Å²) in [6.07, 6.45) is 1.59. The number of anilines is 1. The minimum atomic E-state index is -0.781. The molecule has 1 saturated heterocycles. The summed E-state index contributed by atoms with van der Waals surface area (Å²) in [6, 6.07) is 13.4. The number of ether oxygens (including phenoxy) is 1. The molecule has 7 heteroatoms. The predicted octanol–water partition coefficient (Wildman–Crippen LogP) is 2.26. The molecule has 2 atom stereocenters. The standard InChI is InChI=1S/C17H19N3O3S/c21-16-14(24-17(22)20-16)11-12-4-6-13(7-5-12)23-10-9-19-15-3-1-2-8-18-15/h1-8,14,16,21H,9-11H2,(H,18,19)(H,20,22). The Labute approximate surface area is 144 Å². The highest BCUT2D eigenvalue weighted by Crippen LogP contribution is 2.26. The molecule has 2 heterocycles. The number of nitrogens with zero attached hydrogens (tertiary/aromatic N) is 1. The average molecular weight is 345 g/mol. The molecule has 126 valence electrons. The van der Waals surface area contributed by atoms with Gasteiger partial charge in [0.1, 0.15) is 24.4 Å². The van der Waals surface area contributed by atoms with Gasteiger partial charge in [0.25, 0.3) is 5.24 Å². The van der Waals surface area contributed by atoms with Gasteiger partial charge in [0.2, 0.25) is 0 Å². The molecule has 1 aliphatic heterocycles. The molecular weight excluding hydrogens is 326 g/mol. The summed E-state index contributed by atoms with van der Waals surface area (Å²) in [5.74, 6) is 1.61. The van der Waals surface area contributed by atoms with Crippen LogP contribution in [0.3, 0.4) is 0 Å². The van der Waals surface area contributed by atoms with E-state index in [4.69, 9.17) is 4.74 Å². The van der Waals surface area contributed by atoms with Gasteiger partial charge in [-0.3, -0.25) is 4.79 Å². The van der Waals surface area contributed by atoms with Crippen molar-refractivity contribution in [3.05, 3.63) is 54.2 Å². The van der Waals surface area contributed by atoms with E-state index >= 15 is 0 Å². The Kier molecular flexibility index (Phi) is 5.55. The number of hydrogen-bond acceptors (Lipinski definition) is 6. The fourth-order valence-electron chi connectivity index (χ4n) is 2.37. The third kappa shape index (κ3) is 4.62. The Morgan fingerprint density at radius 2 is 2.08 bits per heavy atom. The molecule has 1 amide bonds. The van der Waals surface area contributed by atoms with Gasteiger partial charge in [-0.05, 0) is 36.2 Å². The zero-order valence-electron chi connectivity index (χ0n) is 13.0. The maximum absolute atomic E-state index is 11.2. The summed E-state index contributed by atoms with van der Waals surface area (Å²) in [6.45, 7) is 1.20. The number of rotatable bonds is 7. The minimum Gasteiger partial charge on any atom is -0.492 e. The fraction of sp³-hybridized carbons (Fsp3) is 0.294. The lowest BCUT2D eigenvalue weighted by atomic mass is 10.1. The number of carbonyl (C=O) groups is 1. The van der Waals surface area contributed by atoms with Gasteiger partial charge in [-0.2, -0.15) is 0 Å². The smallest absolute Gasteiger partial charge is 0.281 e. The van der Waals surface area contributed by atoms with Crippen molar-refractivity contribution in [2.24, 2.45) is 0 Å². The molecule has 1 aromatic heterocycles. The lowest BCUT2D eigenvalue weighted by molar-refractivity contribution is 0.152. The first-order chi connectivity index (χ1) is 11.7. The summed E-state index contributed by atoms with van der Waals surface area (Å²) in [5, 5.41) is 15.1. The number of thioether (sulfide) groups is 1. The van der Waals surface area contributed by atoms with Crippen LogP contribution < -0.4 is 15.4 Å². The Hall–Kier alpha value is -2.25. The van der Waals surface area contributed by atoms with Crippen molar-refractivity contribution >= 4 is 22.8 Å². The van der Waals surface area contributed by atoms with Crippen molar-refractivity contribution in [3.63, 3.8) is 0 Å². The first-order valence-electron chi connectivity index (χ1n) is 7.72. The van der Waals surface area contributed by atoms with E-state index < -0.39 is 6.23 Å². The highest BCUT2D eigenvalue weighted by molar-refractivity contribution is 8.14. The van der Waals surface area contributed by atoms with Crippen molar-refractivity contribution in [1.29, 1.82) is 0 Å². The van der Waals surface area contributed by atoms with Gasteiger partial charge in [-0.25, -0.2) is 4.98 Å². The molecular formula is C17H19N3O3S. The molecule has 2 unspecified atom stereocenters. The number of aromatic nitrogens is 1. The maximum Gasteiger partial charge on any atom is 0.281 e. The normalized spacial score (nSPS) is 19.8. The van der Waals surface area contributed by atoms with E-state index in [1.54, 1.807) is 6.20 Å². The number of aliphatic hydroxyl groups excluding tert-OH is 1. The lowest BCUT2D eigenvalue weighted by Crippen LogP contribution is -2.31. The molecule has 0 spiro atoms. The molecule has 0 bridgehead atoms. The fourth-order valence-corrected chi connectivity index (χ4v) is 3.31. The van der Waals surface area contributed by atoms with Gasteiger partial charge in [0, 0.05) is 6.20 Å². The van der Waals surface area contributed by atoms with Crippen molar-refractivity contribution < 1.29 is 14.6 Å². The molecule has 3 rings (SSSR count). The van der Waals surface area contributed by atoms with Gasteiger partial charge in [-0.15, -0.1) is 0 Å². The number of benzene rings is 1. The van der Waals surface area contributed by atoms with Crippen LogP contribution in [0.4, 0.5) is 10.6 Å². The number of pyridine rings is 1. The van der Waals surface area contributed by atoms with E-state index in [2.05, 4.69) is 15.6 Å². The SMILES string of the molecule is O=C1NC(O)C(Cc2ccc(OCCNc3ccccn3)cc2)S1. The van der Waals surface area contributed by atoms with Crippen LogP contribution in [0.2, 0.25) is 0 Å². The Balaban J connectivity index is 1.42. The molecule has 0 aliphatic carbocycles. The van der Waals surface area contributed by atoms with Crippen LogP contribution in [0.25, 0.3) is 0 Å². The second-order valence-electron chi connectivity index (χ2n) is 5.37. The van der Waals surface area contributed by atoms with Crippen molar-refractivity contribution in [2.45, 2.75) is 17.9 Å². The van der Waals surface area contributed by atoms with Crippen molar-refractivity contribution in [3.8, 4) is 5.75 Å². The van der Waals surface area contributed by atoms with Crippen LogP contribution >= 0.6 is 11.8 Å². The summed E-state index contributed by atoms with van der Waals surface area (Å²) in [5.41, 5.74) is 1.06. The lowest BCUT2D eigenvalue weighted by Gasteiger charge is -2.12. The molecule has 0 radical (unpaired) electrons. The van der Waals surface area contributed by atoms with Crippen LogP contribution in [-0.4, -0.2) is 40.0 Å². The predicted molar refractivity (Wildman–Crippen MR) is 94.3 cm³/mol. The highest BCUT2D eigenvalue weighted by Gasteiger charge is 2.31. The Morgan fingerprint density at radius 3 is 2.75 bits per heavy atom. The second-order valence-corrected chi connectivity index (χ2v) is 6.58. The first-order valence-corrected chi connectivity index (χ1v) is 8.60. The third-order valence-electron chi connectivity index (χ3n) is 3.58. The number of carbonyl (C=O) groups excluding carboxylic acids is 1. The number of hydrogen-bond donors (Lipinski definition) is 3. The van der Waals surface area contributed by atoms with Crippen LogP contribution in [-0.2, 0) is 6.42 Å². The summed E-state index contributed by atoms with van der Waals surface area (Å²) < 4.78 is 5.68. The van der Waals surface area contributed by atoms with E-state index in [9.17, 15) is 9.90 Å². The molecule has 1 aromatic carbocycles. The van der Waals surface area contributed by atoms with E-state index in [1.165, 1.54) is 0 Å². The second kappa shape index (κ2) is 8.03. The number of nitrogens with one attached hydrogen (secondary N) is 2. The highest BCUT2D eigenvalue weighted by atomic mass is 32.2. The van der Waals surface area contributed by atoms with Crippen molar-refractivity contribution in [1.82, 2.24) is 10.3 Å². The average Bonchev–Trinajstić information content (AvgIpc) is 2.91. The molecule has 1 fully saturated rings. The summed E-state index contributed by atoms with van der Waals surface area (Å²) >= 11 is 1.14. The van der Waals surface area contributed by atoms with E-state index in [-0.39, 0.29) is 10.5 Å². The van der Waals surface area contributed by atoms with Crippen LogP contribution in [0.1, 0.15) is 5.56 Å². The third-order valence-corrected chi connectivity index (χ3v) is 4.64. The maximum atomic E-state index is 11.2. The van der Waals surface area contributed by atoms with Crippen LogP contribution in [0, 0.1) is 0 Å². The van der Waals surface area contributed by atoms with Gasteiger partial charge < -0.3 is 20.5 Å². The van der Waals surface area contributed by atoms with Gasteiger partial charge in [0.05, 0.1) is 11.8 Å². The molecule has 6 nitrogen and oxygen atoms in total. The Bertz CT molecular complexity index is 667. The quantitative estimate of drug-likeness (QED) is 0.668. The van der Waals surface area contributed by atoms with Crippen LogP contribution in [0.5, 0.6) is 5.75 Å². The van der Waals surface area contributed by atoms with E-state index in [1.807, 2.05) is 42.5 Å². The van der Waals surface area contributed by atoms with Gasteiger partial charge in [0.15, 0.2) is 0 Å². The molecule has 1 aliphatic rings. The van der Waals surface area contributed by atoms with E-state index in [0.29, 0.717) is 19.6 Å². The minimum absolute atomic E-state index is 0.146. The summed E-state index contributed by atoms with van der Waals surface area (Å²) in [4.78, 5) is 15.4. The molecule has 2 aromatic rings. The number of aliphatic hydroxyl groups is 1. The number of amides is 1. The van der Waals surface area contributed by atoms with Crippen LogP contribution in [0.15, 0.2) is 48.7 Å². The zero-order valence-corrected chi connectivity index (χ0v) is 13.8. The largest absolute Gasteiger partial charge is 0.492 e. The van der Waals surface area contributed by atoms with Gasteiger partial charge in [-0.1, -0.05) is 30.0 Å². The molecule has 24 heavy (non-hydrogen) atoms. The molecule has 3 N–H and O–H groups in total. The van der Waals surface area contributed by atoms with Gasteiger partial charge >= 0.3 is 0 Å². The topological polar surface area (TPSA) is 83.5 Å². The first kappa shape index (κ1) is 16.6.